The SMILES string of the molecule is N=C(N)c1ccc(OCCCCc2ccccc2)cc1. The largest absolute Gasteiger partial charge is 0.494 e. The van der Waals surface area contributed by atoms with Crippen LogP contribution < -0.4 is 10.5 Å². The summed E-state index contributed by atoms with van der Waals surface area (Å²) in [6.45, 7) is 0.715. The molecule has 3 N–H and O–H groups in total. The molecule has 104 valence electrons. The number of ether oxygens (including phenoxy) is 1. The van der Waals surface area contributed by atoms with Gasteiger partial charge in [-0.2, -0.15) is 0 Å². The first kappa shape index (κ1) is 14.1. The van der Waals surface area contributed by atoms with E-state index in [-0.39, 0.29) is 5.84 Å². The van der Waals surface area contributed by atoms with E-state index in [1.165, 1.54) is 5.56 Å². The van der Waals surface area contributed by atoms with Crippen LogP contribution in [0.2, 0.25) is 0 Å². The monoisotopic (exact) mass is 268 g/mol. The Balaban J connectivity index is 1.67. The smallest absolute Gasteiger partial charge is 0.122 e. The number of hydrogen-bond donors (Lipinski definition) is 2. The summed E-state index contributed by atoms with van der Waals surface area (Å²) < 4.78 is 5.67. The van der Waals surface area contributed by atoms with Gasteiger partial charge in [0, 0.05) is 5.56 Å². The molecule has 0 aliphatic rings. The van der Waals surface area contributed by atoms with Gasteiger partial charge in [-0.1, -0.05) is 30.3 Å². The molecule has 0 aliphatic heterocycles. The van der Waals surface area contributed by atoms with E-state index in [2.05, 4.69) is 24.3 Å². The number of rotatable bonds is 7. The van der Waals surface area contributed by atoms with E-state index >= 15 is 0 Å². The molecule has 0 heterocycles. The summed E-state index contributed by atoms with van der Waals surface area (Å²) in [7, 11) is 0. The average Bonchev–Trinajstić information content (AvgIpc) is 2.48. The molecule has 2 aromatic rings. The minimum Gasteiger partial charge on any atom is -0.494 e. The highest BCUT2D eigenvalue weighted by Crippen LogP contribution is 2.12. The lowest BCUT2D eigenvalue weighted by Gasteiger charge is -2.07. The third kappa shape index (κ3) is 4.43. The second-order valence-corrected chi connectivity index (χ2v) is 4.73. The highest BCUT2D eigenvalue weighted by molar-refractivity contribution is 5.94. The van der Waals surface area contributed by atoms with Crippen molar-refractivity contribution in [3.63, 3.8) is 0 Å². The molecule has 3 heteroatoms. The fourth-order valence-electron chi connectivity index (χ4n) is 2.00. The first-order valence-corrected chi connectivity index (χ1v) is 6.87. The van der Waals surface area contributed by atoms with Crippen LogP contribution in [-0.2, 0) is 6.42 Å². The topological polar surface area (TPSA) is 59.1 Å². The first-order chi connectivity index (χ1) is 9.75. The third-order valence-corrected chi connectivity index (χ3v) is 3.14. The molecule has 0 radical (unpaired) electrons. The van der Waals surface area contributed by atoms with Crippen LogP contribution in [0.4, 0.5) is 0 Å². The Morgan fingerprint density at radius 3 is 2.30 bits per heavy atom. The van der Waals surface area contributed by atoms with E-state index in [4.69, 9.17) is 15.9 Å². The van der Waals surface area contributed by atoms with Crippen molar-refractivity contribution in [3.8, 4) is 5.75 Å². The fraction of sp³-hybridized carbons (Fsp3) is 0.235. The zero-order chi connectivity index (χ0) is 14.2. The highest BCUT2D eigenvalue weighted by atomic mass is 16.5. The number of amidine groups is 1. The maximum absolute atomic E-state index is 7.32. The molecule has 0 fully saturated rings. The minimum atomic E-state index is 0.0828. The summed E-state index contributed by atoms with van der Waals surface area (Å²) in [6.07, 6.45) is 3.24. The molecular weight excluding hydrogens is 248 g/mol. The Morgan fingerprint density at radius 2 is 1.65 bits per heavy atom. The lowest BCUT2D eigenvalue weighted by Crippen LogP contribution is -2.10. The van der Waals surface area contributed by atoms with E-state index in [1.807, 2.05) is 30.3 Å². The van der Waals surface area contributed by atoms with E-state index in [9.17, 15) is 0 Å². The normalized spacial score (nSPS) is 10.2. The summed E-state index contributed by atoms with van der Waals surface area (Å²) in [5.41, 5.74) is 7.50. The average molecular weight is 268 g/mol. The van der Waals surface area contributed by atoms with Gasteiger partial charge in [-0.25, -0.2) is 0 Å². The summed E-state index contributed by atoms with van der Waals surface area (Å²) in [4.78, 5) is 0. The van der Waals surface area contributed by atoms with Crippen LogP contribution in [0, 0.1) is 5.41 Å². The van der Waals surface area contributed by atoms with Crippen molar-refractivity contribution in [2.45, 2.75) is 19.3 Å². The van der Waals surface area contributed by atoms with Gasteiger partial charge in [-0.05, 0) is 49.1 Å². The minimum absolute atomic E-state index is 0.0828. The van der Waals surface area contributed by atoms with Crippen molar-refractivity contribution in [1.82, 2.24) is 0 Å². The molecule has 0 saturated carbocycles. The number of nitrogens with two attached hydrogens (primary N) is 1. The van der Waals surface area contributed by atoms with E-state index in [0.717, 1.165) is 30.6 Å². The molecule has 0 saturated heterocycles. The molecule has 0 aromatic heterocycles. The fourth-order valence-corrected chi connectivity index (χ4v) is 2.00. The molecule has 0 unspecified atom stereocenters. The lowest BCUT2D eigenvalue weighted by molar-refractivity contribution is 0.307. The van der Waals surface area contributed by atoms with Crippen molar-refractivity contribution >= 4 is 5.84 Å². The van der Waals surface area contributed by atoms with E-state index < -0.39 is 0 Å². The molecule has 0 aliphatic carbocycles. The van der Waals surface area contributed by atoms with Gasteiger partial charge in [0.1, 0.15) is 11.6 Å². The standard InChI is InChI=1S/C17H20N2O/c18-17(19)15-9-11-16(12-10-15)20-13-5-4-8-14-6-2-1-3-7-14/h1-3,6-7,9-12H,4-5,8,13H2,(H3,18,19). The molecule has 0 spiro atoms. The van der Waals surface area contributed by atoms with Crippen LogP contribution in [0.5, 0.6) is 5.75 Å². The molecule has 0 bridgehead atoms. The van der Waals surface area contributed by atoms with Crippen LogP contribution in [0.25, 0.3) is 0 Å². The molecule has 20 heavy (non-hydrogen) atoms. The van der Waals surface area contributed by atoms with Crippen molar-refractivity contribution in [3.05, 3.63) is 65.7 Å². The summed E-state index contributed by atoms with van der Waals surface area (Å²) in [5.74, 6) is 0.911. The zero-order valence-electron chi connectivity index (χ0n) is 11.5. The van der Waals surface area contributed by atoms with Crippen LogP contribution in [0.1, 0.15) is 24.0 Å². The molecule has 2 aromatic carbocycles. The number of unbranched alkanes of at least 4 members (excludes halogenated alkanes) is 1. The van der Waals surface area contributed by atoms with Gasteiger partial charge in [-0.3, -0.25) is 5.41 Å². The Labute approximate surface area is 119 Å². The van der Waals surface area contributed by atoms with Crippen LogP contribution in [-0.4, -0.2) is 12.4 Å². The Hall–Kier alpha value is -2.29. The first-order valence-electron chi connectivity index (χ1n) is 6.87. The van der Waals surface area contributed by atoms with E-state index in [0.29, 0.717) is 6.61 Å². The molecular formula is C17H20N2O. The van der Waals surface area contributed by atoms with Crippen LogP contribution in [0.15, 0.2) is 54.6 Å². The number of hydrogen-bond acceptors (Lipinski definition) is 2. The Morgan fingerprint density at radius 1 is 0.950 bits per heavy atom. The lowest BCUT2D eigenvalue weighted by atomic mass is 10.1. The number of nitrogen functional groups attached to an aromatic ring is 1. The summed E-state index contributed by atoms with van der Waals surface area (Å²) in [5, 5.41) is 7.32. The van der Waals surface area contributed by atoms with Gasteiger partial charge in [0.15, 0.2) is 0 Å². The Bertz CT molecular complexity index is 535. The summed E-state index contributed by atoms with van der Waals surface area (Å²) in [6, 6.07) is 17.8. The maximum Gasteiger partial charge on any atom is 0.122 e. The number of nitrogens with one attached hydrogen (secondary N) is 1. The van der Waals surface area contributed by atoms with Crippen molar-refractivity contribution in [1.29, 1.82) is 5.41 Å². The predicted molar refractivity (Wildman–Crippen MR) is 82.3 cm³/mol. The van der Waals surface area contributed by atoms with Gasteiger partial charge < -0.3 is 10.5 Å². The van der Waals surface area contributed by atoms with Gasteiger partial charge >= 0.3 is 0 Å². The van der Waals surface area contributed by atoms with Crippen LogP contribution in [0.3, 0.4) is 0 Å². The second kappa shape index (κ2) is 7.34. The second-order valence-electron chi connectivity index (χ2n) is 4.73. The van der Waals surface area contributed by atoms with Gasteiger partial charge in [-0.15, -0.1) is 0 Å². The number of benzene rings is 2. The van der Waals surface area contributed by atoms with Gasteiger partial charge in [0.05, 0.1) is 6.61 Å². The van der Waals surface area contributed by atoms with Gasteiger partial charge in [0.25, 0.3) is 0 Å². The summed E-state index contributed by atoms with van der Waals surface area (Å²) >= 11 is 0. The highest BCUT2D eigenvalue weighted by Gasteiger charge is 1.98. The Kier molecular flexibility index (Phi) is 5.18. The van der Waals surface area contributed by atoms with Crippen molar-refractivity contribution in [2.75, 3.05) is 6.61 Å². The third-order valence-electron chi connectivity index (χ3n) is 3.14. The molecule has 3 nitrogen and oxygen atoms in total. The van der Waals surface area contributed by atoms with Crippen molar-refractivity contribution in [2.24, 2.45) is 5.73 Å². The molecule has 0 atom stereocenters. The van der Waals surface area contributed by atoms with Crippen molar-refractivity contribution < 1.29 is 4.74 Å². The predicted octanol–water partition coefficient (Wildman–Crippen LogP) is 3.37. The quantitative estimate of drug-likeness (QED) is 0.459. The molecule has 2 rings (SSSR count). The van der Waals surface area contributed by atoms with Gasteiger partial charge in [0.2, 0.25) is 0 Å². The zero-order valence-corrected chi connectivity index (χ0v) is 11.5. The molecule has 0 amide bonds. The number of aryl methyl sites for hydroxylation is 1. The van der Waals surface area contributed by atoms with E-state index in [1.54, 1.807) is 0 Å². The maximum atomic E-state index is 7.32. The van der Waals surface area contributed by atoms with Crippen LogP contribution >= 0.6 is 0 Å².